The lowest BCUT2D eigenvalue weighted by Gasteiger charge is -2.13. The van der Waals surface area contributed by atoms with Crippen LogP contribution < -0.4 is 16.2 Å². The molecular formula is C17H15Cl2N3O3. The number of amides is 2. The van der Waals surface area contributed by atoms with Crippen molar-refractivity contribution >= 4 is 40.7 Å². The number of nitrogens with one attached hydrogen (secondary N) is 2. The highest BCUT2D eigenvalue weighted by molar-refractivity contribution is 6.42. The predicted molar refractivity (Wildman–Crippen MR) is 96.1 cm³/mol. The maximum atomic E-state index is 12.2. The first-order chi connectivity index (χ1) is 11.9. The van der Waals surface area contributed by atoms with Crippen LogP contribution in [0.4, 0.5) is 5.69 Å². The summed E-state index contributed by atoms with van der Waals surface area (Å²) in [6.45, 7) is 0.291. The van der Waals surface area contributed by atoms with Gasteiger partial charge in [0.05, 0.1) is 22.3 Å². The van der Waals surface area contributed by atoms with E-state index in [0.29, 0.717) is 35.1 Å². The van der Waals surface area contributed by atoms with E-state index in [-0.39, 0.29) is 17.4 Å². The largest absolute Gasteiger partial charge is 0.344 e. The SMILES string of the molecule is O=C1CC[C@H](C(=O)Nc2ccc(=O)n(Cc3ccc(Cl)c(Cl)c3)c2)N1. The van der Waals surface area contributed by atoms with Gasteiger partial charge in [0.2, 0.25) is 11.8 Å². The average molecular weight is 380 g/mol. The summed E-state index contributed by atoms with van der Waals surface area (Å²) >= 11 is 11.9. The lowest BCUT2D eigenvalue weighted by Crippen LogP contribution is -2.37. The second-order valence-corrected chi connectivity index (χ2v) is 6.59. The third kappa shape index (κ3) is 4.21. The number of hydrogen-bond acceptors (Lipinski definition) is 3. The average Bonchev–Trinajstić information content (AvgIpc) is 3.01. The summed E-state index contributed by atoms with van der Waals surface area (Å²) in [6, 6.07) is 7.50. The van der Waals surface area contributed by atoms with Crippen molar-refractivity contribution in [3.63, 3.8) is 0 Å². The fourth-order valence-electron chi connectivity index (χ4n) is 2.60. The molecule has 1 aromatic carbocycles. The quantitative estimate of drug-likeness (QED) is 0.855. The van der Waals surface area contributed by atoms with E-state index in [1.54, 1.807) is 24.4 Å². The Hall–Kier alpha value is -2.31. The van der Waals surface area contributed by atoms with Gasteiger partial charge in [0.1, 0.15) is 6.04 Å². The smallest absolute Gasteiger partial charge is 0.250 e. The summed E-state index contributed by atoms with van der Waals surface area (Å²) in [5, 5.41) is 6.18. The van der Waals surface area contributed by atoms with Crippen LogP contribution >= 0.6 is 23.2 Å². The number of aromatic nitrogens is 1. The van der Waals surface area contributed by atoms with Crippen LogP contribution in [0.1, 0.15) is 18.4 Å². The molecule has 2 amide bonds. The van der Waals surface area contributed by atoms with E-state index in [4.69, 9.17) is 23.2 Å². The predicted octanol–water partition coefficient (Wildman–Crippen LogP) is 2.42. The van der Waals surface area contributed by atoms with Gasteiger partial charge in [-0.2, -0.15) is 0 Å². The van der Waals surface area contributed by atoms with Crippen LogP contribution in [0.5, 0.6) is 0 Å². The first-order valence-corrected chi connectivity index (χ1v) is 8.42. The molecule has 1 aliphatic heterocycles. The first-order valence-electron chi connectivity index (χ1n) is 7.67. The molecule has 0 unspecified atom stereocenters. The lowest BCUT2D eigenvalue weighted by atomic mass is 10.2. The third-order valence-electron chi connectivity index (χ3n) is 3.90. The van der Waals surface area contributed by atoms with Crippen molar-refractivity contribution in [1.82, 2.24) is 9.88 Å². The van der Waals surface area contributed by atoms with Crippen molar-refractivity contribution in [3.05, 3.63) is 62.5 Å². The van der Waals surface area contributed by atoms with E-state index >= 15 is 0 Å². The zero-order chi connectivity index (χ0) is 18.0. The highest BCUT2D eigenvalue weighted by Crippen LogP contribution is 2.23. The van der Waals surface area contributed by atoms with Gasteiger partial charge < -0.3 is 15.2 Å². The van der Waals surface area contributed by atoms with Gasteiger partial charge in [0.25, 0.3) is 5.56 Å². The minimum absolute atomic E-state index is 0.135. The molecule has 6 nitrogen and oxygen atoms in total. The second-order valence-electron chi connectivity index (χ2n) is 5.78. The molecule has 1 aliphatic rings. The van der Waals surface area contributed by atoms with Crippen molar-refractivity contribution in [3.8, 4) is 0 Å². The Balaban J connectivity index is 1.76. The zero-order valence-corrected chi connectivity index (χ0v) is 14.6. The van der Waals surface area contributed by atoms with Crippen molar-refractivity contribution in [1.29, 1.82) is 0 Å². The summed E-state index contributed by atoms with van der Waals surface area (Å²) < 4.78 is 1.46. The fraction of sp³-hybridized carbons (Fsp3) is 0.235. The highest BCUT2D eigenvalue weighted by Gasteiger charge is 2.27. The van der Waals surface area contributed by atoms with Crippen LogP contribution in [-0.4, -0.2) is 22.4 Å². The Labute approximate surface area is 153 Å². The van der Waals surface area contributed by atoms with Gasteiger partial charge >= 0.3 is 0 Å². The monoisotopic (exact) mass is 379 g/mol. The number of carbonyl (C=O) groups is 2. The van der Waals surface area contributed by atoms with Gasteiger partial charge in [0.15, 0.2) is 0 Å². The molecule has 0 spiro atoms. The Morgan fingerprint density at radius 2 is 2.00 bits per heavy atom. The number of hydrogen-bond donors (Lipinski definition) is 2. The number of halogens is 2. The number of anilines is 1. The molecule has 1 aromatic heterocycles. The summed E-state index contributed by atoms with van der Waals surface area (Å²) in [5.74, 6) is -0.435. The molecule has 8 heteroatoms. The van der Waals surface area contributed by atoms with E-state index in [2.05, 4.69) is 10.6 Å². The highest BCUT2D eigenvalue weighted by atomic mass is 35.5. The van der Waals surface area contributed by atoms with Crippen molar-refractivity contribution < 1.29 is 9.59 Å². The van der Waals surface area contributed by atoms with Crippen molar-refractivity contribution in [2.24, 2.45) is 0 Å². The van der Waals surface area contributed by atoms with E-state index in [1.165, 1.54) is 16.7 Å². The standard InChI is InChI=1S/C17H15Cl2N3O3/c18-12-3-1-10(7-13(12)19)8-22-9-11(2-6-16(22)24)20-17(25)14-4-5-15(23)21-14/h1-3,6-7,9,14H,4-5,8H2,(H,20,25)(H,21,23)/t14-/m1/s1. The lowest BCUT2D eigenvalue weighted by molar-refractivity contribution is -0.122. The van der Waals surface area contributed by atoms with Crippen molar-refractivity contribution in [2.75, 3.05) is 5.32 Å². The van der Waals surface area contributed by atoms with Crippen LogP contribution in [0.25, 0.3) is 0 Å². The van der Waals surface area contributed by atoms with Crippen molar-refractivity contribution in [2.45, 2.75) is 25.4 Å². The third-order valence-corrected chi connectivity index (χ3v) is 4.64. The topological polar surface area (TPSA) is 80.2 Å². The minimum Gasteiger partial charge on any atom is -0.344 e. The molecule has 130 valence electrons. The van der Waals surface area contributed by atoms with Gasteiger partial charge in [-0.25, -0.2) is 0 Å². The zero-order valence-electron chi connectivity index (χ0n) is 13.1. The number of rotatable bonds is 4. The minimum atomic E-state index is -0.539. The maximum absolute atomic E-state index is 12.2. The van der Waals surface area contributed by atoms with E-state index < -0.39 is 6.04 Å². The van der Waals surface area contributed by atoms with Crippen LogP contribution in [-0.2, 0) is 16.1 Å². The van der Waals surface area contributed by atoms with E-state index in [9.17, 15) is 14.4 Å². The van der Waals surface area contributed by atoms with E-state index in [0.717, 1.165) is 5.56 Å². The summed E-state index contributed by atoms with van der Waals surface area (Å²) in [4.78, 5) is 35.4. The van der Waals surface area contributed by atoms with Gasteiger partial charge in [-0.05, 0) is 30.2 Å². The molecule has 0 aliphatic carbocycles. The molecule has 0 radical (unpaired) electrons. The number of nitrogens with zero attached hydrogens (tertiary/aromatic N) is 1. The molecule has 0 saturated carbocycles. The van der Waals surface area contributed by atoms with Crippen LogP contribution in [0, 0.1) is 0 Å². The Morgan fingerprint density at radius 3 is 2.68 bits per heavy atom. The van der Waals surface area contributed by atoms with Gasteiger partial charge in [-0.1, -0.05) is 29.3 Å². The molecule has 25 heavy (non-hydrogen) atoms. The first kappa shape index (κ1) is 17.5. The Morgan fingerprint density at radius 1 is 1.20 bits per heavy atom. The normalized spacial score (nSPS) is 16.6. The number of benzene rings is 1. The Kier molecular flexibility index (Phi) is 5.11. The summed E-state index contributed by atoms with van der Waals surface area (Å²) in [7, 11) is 0. The van der Waals surface area contributed by atoms with Crippen LogP contribution in [0.3, 0.4) is 0 Å². The molecule has 1 saturated heterocycles. The summed E-state index contributed by atoms with van der Waals surface area (Å²) in [6.07, 6.45) is 2.36. The molecule has 1 atom stereocenters. The second kappa shape index (κ2) is 7.29. The van der Waals surface area contributed by atoms with Gasteiger partial charge in [0, 0.05) is 18.7 Å². The molecule has 1 fully saturated rings. The number of pyridine rings is 1. The molecular weight excluding hydrogens is 365 g/mol. The van der Waals surface area contributed by atoms with Crippen LogP contribution in [0.15, 0.2) is 41.3 Å². The Bertz CT molecular complexity index is 895. The summed E-state index contributed by atoms with van der Waals surface area (Å²) in [5.41, 5.74) is 1.08. The molecule has 0 bridgehead atoms. The molecule has 2 heterocycles. The van der Waals surface area contributed by atoms with Gasteiger partial charge in [-0.15, -0.1) is 0 Å². The van der Waals surface area contributed by atoms with E-state index in [1.807, 2.05) is 0 Å². The van der Waals surface area contributed by atoms with Gasteiger partial charge in [-0.3, -0.25) is 14.4 Å². The molecule has 2 N–H and O–H groups in total. The fourth-order valence-corrected chi connectivity index (χ4v) is 2.92. The maximum Gasteiger partial charge on any atom is 0.250 e. The number of carbonyl (C=O) groups excluding carboxylic acids is 2. The van der Waals surface area contributed by atoms with Crippen LogP contribution in [0.2, 0.25) is 10.0 Å². The molecule has 2 aromatic rings. The molecule has 3 rings (SSSR count).